The highest BCUT2D eigenvalue weighted by atomic mass is 79.9. The summed E-state index contributed by atoms with van der Waals surface area (Å²) in [4.78, 5) is 45.5. The molecule has 0 spiro atoms. The summed E-state index contributed by atoms with van der Waals surface area (Å²) in [6, 6.07) is 1.89. The predicted molar refractivity (Wildman–Crippen MR) is 106 cm³/mol. The Kier molecular flexibility index (Phi) is 5.58. The number of Topliss-reactive ketones (excluding diaryl/α,β-unsaturated/α-hetero) is 2. The van der Waals surface area contributed by atoms with Crippen LogP contribution in [0.15, 0.2) is 44.9 Å². The third-order valence-corrected chi connectivity index (χ3v) is 5.78. The lowest BCUT2D eigenvalue weighted by atomic mass is 9.80. The zero-order valence-corrected chi connectivity index (χ0v) is 18.1. The van der Waals surface area contributed by atoms with E-state index in [1.54, 1.807) is 6.08 Å². The van der Waals surface area contributed by atoms with Crippen LogP contribution in [0.3, 0.4) is 0 Å². The maximum Gasteiger partial charge on any atom is 0.304 e. The van der Waals surface area contributed by atoms with E-state index < -0.39 is 23.1 Å². The van der Waals surface area contributed by atoms with Crippen LogP contribution in [-0.2, 0) is 23.9 Å². The Balaban J connectivity index is 1.86. The first-order chi connectivity index (χ1) is 13.1. The Hall–Kier alpha value is -2.26. The molecule has 1 aliphatic heterocycles. The number of nitrogens with zero attached hydrogens (tertiary/aromatic N) is 2. The summed E-state index contributed by atoms with van der Waals surface area (Å²) in [7, 11) is 0. The molecule has 0 saturated carbocycles. The van der Waals surface area contributed by atoms with Crippen LogP contribution in [0.25, 0.3) is 0 Å². The Morgan fingerprint density at radius 1 is 1.25 bits per heavy atom. The minimum atomic E-state index is -1.91. The summed E-state index contributed by atoms with van der Waals surface area (Å²) in [5.74, 6) is -0.985. The maximum absolute atomic E-state index is 12.8. The fourth-order valence-electron chi connectivity index (χ4n) is 2.87. The second kappa shape index (κ2) is 7.63. The highest BCUT2D eigenvalue weighted by molar-refractivity contribution is 9.12. The topological polar surface area (TPSA) is 95.5 Å². The number of aryl methyl sites for hydroxylation is 2. The molecule has 3 rings (SSSR count). The summed E-state index contributed by atoms with van der Waals surface area (Å²) < 4.78 is 10.8. The molecule has 1 aliphatic carbocycles. The van der Waals surface area contributed by atoms with Gasteiger partial charge in [-0.3, -0.25) is 14.4 Å². The number of thioether (sulfide) groups is 1. The standard InChI is InChI=1S/C19H17BrN2O5S/c1-9-5-10(2)22-18(21-9)28-8-12-6-13-14(7-26-12)16(24)19(4,27-11(3)23)17(25)15(13)20/h5-7H,8H2,1-4H3. The van der Waals surface area contributed by atoms with Gasteiger partial charge in [-0.2, -0.15) is 0 Å². The highest BCUT2D eigenvalue weighted by Gasteiger charge is 2.52. The molecule has 7 nitrogen and oxygen atoms in total. The van der Waals surface area contributed by atoms with E-state index in [0.717, 1.165) is 18.3 Å². The quantitative estimate of drug-likeness (QED) is 0.290. The van der Waals surface area contributed by atoms with Gasteiger partial charge in [-0.1, -0.05) is 11.8 Å². The molecule has 2 aliphatic rings. The lowest BCUT2D eigenvalue weighted by Gasteiger charge is -2.32. The van der Waals surface area contributed by atoms with Gasteiger partial charge in [0.2, 0.25) is 17.2 Å². The Bertz CT molecular complexity index is 978. The van der Waals surface area contributed by atoms with E-state index in [1.165, 1.54) is 24.9 Å². The molecule has 0 bridgehead atoms. The van der Waals surface area contributed by atoms with Crippen molar-refractivity contribution >= 4 is 45.2 Å². The van der Waals surface area contributed by atoms with Gasteiger partial charge in [0.25, 0.3) is 0 Å². The number of carbonyl (C=O) groups excluding carboxylic acids is 3. The molecule has 0 fully saturated rings. The predicted octanol–water partition coefficient (Wildman–Crippen LogP) is 3.11. The number of aromatic nitrogens is 2. The first-order valence-corrected chi connectivity index (χ1v) is 10.1. The van der Waals surface area contributed by atoms with Gasteiger partial charge in [0.05, 0.1) is 15.8 Å². The van der Waals surface area contributed by atoms with Crippen LogP contribution in [0.2, 0.25) is 0 Å². The molecule has 0 amide bonds. The molecule has 1 aromatic rings. The maximum atomic E-state index is 12.8. The molecule has 0 radical (unpaired) electrons. The average molecular weight is 465 g/mol. The van der Waals surface area contributed by atoms with Crippen molar-refractivity contribution in [2.75, 3.05) is 5.75 Å². The van der Waals surface area contributed by atoms with Crippen molar-refractivity contribution in [1.29, 1.82) is 0 Å². The molecular weight excluding hydrogens is 448 g/mol. The summed E-state index contributed by atoms with van der Waals surface area (Å²) in [6.45, 7) is 6.22. The Morgan fingerprint density at radius 3 is 2.50 bits per heavy atom. The number of ether oxygens (including phenoxy) is 2. The van der Waals surface area contributed by atoms with E-state index in [2.05, 4.69) is 25.9 Å². The largest absolute Gasteiger partial charge is 0.468 e. The number of hydrogen-bond acceptors (Lipinski definition) is 8. The molecule has 146 valence electrons. The molecule has 0 N–H and O–H groups in total. The number of esters is 1. The molecule has 2 heterocycles. The van der Waals surface area contributed by atoms with Crippen LogP contribution >= 0.6 is 27.7 Å². The van der Waals surface area contributed by atoms with Gasteiger partial charge in [0, 0.05) is 23.9 Å². The van der Waals surface area contributed by atoms with Crippen molar-refractivity contribution < 1.29 is 23.9 Å². The van der Waals surface area contributed by atoms with E-state index in [4.69, 9.17) is 9.47 Å². The summed E-state index contributed by atoms with van der Waals surface area (Å²) in [5, 5.41) is 0.614. The Morgan fingerprint density at radius 2 is 1.89 bits per heavy atom. The number of rotatable bonds is 4. The normalized spacial score (nSPS) is 21.6. The molecule has 28 heavy (non-hydrogen) atoms. The van der Waals surface area contributed by atoms with Crippen LogP contribution in [0, 0.1) is 13.8 Å². The van der Waals surface area contributed by atoms with Crippen LogP contribution in [0.5, 0.6) is 0 Å². The van der Waals surface area contributed by atoms with Crippen molar-refractivity contribution in [3.05, 3.63) is 51.2 Å². The zero-order chi connectivity index (χ0) is 20.6. The molecule has 0 saturated heterocycles. The summed E-state index contributed by atoms with van der Waals surface area (Å²) >= 11 is 4.63. The molecule has 1 aromatic heterocycles. The number of allylic oxidation sites excluding steroid dienone is 2. The van der Waals surface area contributed by atoms with Crippen molar-refractivity contribution in [3.63, 3.8) is 0 Å². The molecule has 0 aromatic carbocycles. The van der Waals surface area contributed by atoms with Gasteiger partial charge >= 0.3 is 5.97 Å². The van der Waals surface area contributed by atoms with E-state index in [9.17, 15) is 14.4 Å². The smallest absolute Gasteiger partial charge is 0.304 e. The van der Waals surface area contributed by atoms with Gasteiger partial charge < -0.3 is 9.47 Å². The zero-order valence-electron chi connectivity index (χ0n) is 15.7. The van der Waals surface area contributed by atoms with Crippen LogP contribution in [-0.4, -0.2) is 38.9 Å². The summed E-state index contributed by atoms with van der Waals surface area (Å²) in [6.07, 6.45) is 2.91. The van der Waals surface area contributed by atoms with Gasteiger partial charge in [-0.15, -0.1) is 0 Å². The third kappa shape index (κ3) is 3.81. The third-order valence-electron chi connectivity index (χ3n) is 4.12. The number of ketones is 2. The fourth-order valence-corrected chi connectivity index (χ4v) is 4.42. The van der Waals surface area contributed by atoms with Crippen LogP contribution in [0.1, 0.15) is 25.2 Å². The van der Waals surface area contributed by atoms with Crippen molar-refractivity contribution in [3.8, 4) is 0 Å². The van der Waals surface area contributed by atoms with Crippen molar-refractivity contribution in [1.82, 2.24) is 9.97 Å². The second-order valence-corrected chi connectivity index (χ2v) is 8.23. The van der Waals surface area contributed by atoms with E-state index in [-0.39, 0.29) is 10.1 Å². The summed E-state index contributed by atoms with van der Waals surface area (Å²) in [5.41, 5.74) is 0.411. The number of halogens is 1. The number of carbonyl (C=O) groups is 3. The first-order valence-electron chi connectivity index (χ1n) is 8.33. The number of hydrogen-bond donors (Lipinski definition) is 0. The first kappa shape index (κ1) is 20.5. The van der Waals surface area contributed by atoms with Crippen LogP contribution < -0.4 is 0 Å². The van der Waals surface area contributed by atoms with Gasteiger partial charge in [0.1, 0.15) is 12.0 Å². The van der Waals surface area contributed by atoms with Crippen LogP contribution in [0.4, 0.5) is 0 Å². The number of fused-ring (bicyclic) bond motifs is 1. The van der Waals surface area contributed by atoms with Gasteiger partial charge in [0.15, 0.2) is 5.16 Å². The SMILES string of the molecule is CC(=O)OC1(C)C(=O)C2=COC(CSc3nc(C)cc(C)n3)=CC2=C(Br)C1=O. The van der Waals surface area contributed by atoms with Gasteiger partial charge in [-0.05, 0) is 48.8 Å². The monoisotopic (exact) mass is 464 g/mol. The minimum Gasteiger partial charge on any atom is -0.468 e. The van der Waals surface area contributed by atoms with E-state index in [0.29, 0.717) is 22.2 Å². The van der Waals surface area contributed by atoms with Gasteiger partial charge in [-0.25, -0.2) is 9.97 Å². The van der Waals surface area contributed by atoms with E-state index in [1.807, 2.05) is 19.9 Å². The average Bonchev–Trinajstić information content (AvgIpc) is 2.62. The van der Waals surface area contributed by atoms with Crippen molar-refractivity contribution in [2.45, 2.75) is 38.5 Å². The second-order valence-electron chi connectivity index (χ2n) is 6.49. The molecule has 1 atom stereocenters. The fraction of sp³-hybridized carbons (Fsp3) is 0.316. The Labute approximate surface area is 174 Å². The molecule has 9 heteroatoms. The lowest BCUT2D eigenvalue weighted by Crippen LogP contribution is -2.51. The van der Waals surface area contributed by atoms with Crippen molar-refractivity contribution in [2.24, 2.45) is 0 Å². The molecule has 1 unspecified atom stereocenters. The minimum absolute atomic E-state index is 0.163. The highest BCUT2D eigenvalue weighted by Crippen LogP contribution is 2.39. The van der Waals surface area contributed by atoms with E-state index >= 15 is 0 Å². The lowest BCUT2D eigenvalue weighted by molar-refractivity contribution is -0.167. The molecular formula is C19H17BrN2O5S.